The van der Waals surface area contributed by atoms with E-state index in [9.17, 15) is 4.79 Å². The molecule has 1 N–H and O–H groups in total. The minimum Gasteiger partial charge on any atom is -0.494 e. The Labute approximate surface area is 127 Å². The average molecular weight is 307 g/mol. The van der Waals surface area contributed by atoms with Gasteiger partial charge in [-0.2, -0.15) is 10.2 Å². The maximum absolute atomic E-state index is 11.9. The van der Waals surface area contributed by atoms with E-state index in [4.69, 9.17) is 16.3 Å². The number of rotatable bonds is 5. The Morgan fingerprint density at radius 2 is 2.19 bits per heavy atom. The van der Waals surface area contributed by atoms with Gasteiger partial charge in [-0.1, -0.05) is 11.6 Å². The molecule has 0 fully saturated rings. The number of carbonyl (C=O) groups excluding carboxylic acids is 1. The van der Waals surface area contributed by atoms with Gasteiger partial charge in [0.05, 0.1) is 24.0 Å². The summed E-state index contributed by atoms with van der Waals surface area (Å²) in [6.45, 7) is 2.55. The summed E-state index contributed by atoms with van der Waals surface area (Å²) in [4.78, 5) is 11.9. The third-order valence-corrected chi connectivity index (χ3v) is 2.96. The Kier molecular flexibility index (Phi) is 4.94. The van der Waals surface area contributed by atoms with Gasteiger partial charge in [0.1, 0.15) is 11.4 Å². The fourth-order valence-electron chi connectivity index (χ4n) is 1.70. The predicted octanol–water partition coefficient (Wildman–Crippen LogP) is 2.24. The zero-order valence-electron chi connectivity index (χ0n) is 11.7. The lowest BCUT2D eigenvalue weighted by atomic mass is 10.2. The molecular formula is C14H15ClN4O2. The van der Waals surface area contributed by atoms with Crippen LogP contribution in [-0.4, -0.2) is 28.5 Å². The molecule has 0 aliphatic heterocycles. The molecule has 7 heteroatoms. The molecule has 2 rings (SSSR count). The van der Waals surface area contributed by atoms with E-state index in [1.54, 1.807) is 7.05 Å². The number of carbonyl (C=O) groups is 1. The van der Waals surface area contributed by atoms with Crippen LogP contribution in [0.3, 0.4) is 0 Å². The Morgan fingerprint density at radius 3 is 2.76 bits per heavy atom. The van der Waals surface area contributed by atoms with E-state index in [-0.39, 0.29) is 10.7 Å². The Balaban J connectivity index is 1.97. The van der Waals surface area contributed by atoms with Crippen molar-refractivity contribution in [2.75, 3.05) is 6.61 Å². The van der Waals surface area contributed by atoms with Crippen molar-refractivity contribution >= 4 is 23.7 Å². The van der Waals surface area contributed by atoms with Crippen molar-refractivity contribution < 1.29 is 9.53 Å². The van der Waals surface area contributed by atoms with Crippen molar-refractivity contribution in [3.05, 3.63) is 46.7 Å². The summed E-state index contributed by atoms with van der Waals surface area (Å²) in [6, 6.07) is 7.37. The van der Waals surface area contributed by atoms with Crippen LogP contribution >= 0.6 is 11.6 Å². The first-order valence-electron chi connectivity index (χ1n) is 6.35. The third-order valence-electron chi connectivity index (χ3n) is 2.68. The molecule has 0 bridgehead atoms. The van der Waals surface area contributed by atoms with Crippen molar-refractivity contribution in [3.63, 3.8) is 0 Å². The molecule has 0 spiro atoms. The van der Waals surface area contributed by atoms with Gasteiger partial charge < -0.3 is 4.74 Å². The number of hydrogen-bond acceptors (Lipinski definition) is 4. The first kappa shape index (κ1) is 15.1. The normalized spacial score (nSPS) is 10.8. The maximum Gasteiger partial charge on any atom is 0.291 e. The standard InChI is InChI=1S/C14H15ClN4O2/c1-3-21-11-6-4-10(5-7-11)8-16-18-14(20)13-12(15)9-17-19(13)2/h4-9H,3H2,1-2H3,(H,18,20). The third kappa shape index (κ3) is 3.82. The molecule has 21 heavy (non-hydrogen) atoms. The van der Waals surface area contributed by atoms with Gasteiger partial charge in [0.25, 0.3) is 5.91 Å². The van der Waals surface area contributed by atoms with Gasteiger partial charge in [0, 0.05) is 7.05 Å². The maximum atomic E-state index is 11.9. The molecule has 0 atom stereocenters. The highest BCUT2D eigenvalue weighted by molar-refractivity contribution is 6.33. The number of amides is 1. The molecule has 0 radical (unpaired) electrons. The van der Waals surface area contributed by atoms with Crippen LogP contribution in [0, 0.1) is 0 Å². The van der Waals surface area contributed by atoms with Crippen LogP contribution in [0.5, 0.6) is 5.75 Å². The van der Waals surface area contributed by atoms with Gasteiger partial charge in [0.15, 0.2) is 0 Å². The fraction of sp³-hybridized carbons (Fsp3) is 0.214. The van der Waals surface area contributed by atoms with Gasteiger partial charge in [-0.3, -0.25) is 9.48 Å². The van der Waals surface area contributed by atoms with Crippen LogP contribution in [0.25, 0.3) is 0 Å². The first-order chi connectivity index (χ1) is 10.1. The molecule has 0 saturated heterocycles. The summed E-state index contributed by atoms with van der Waals surface area (Å²) in [6.07, 6.45) is 2.95. The summed E-state index contributed by atoms with van der Waals surface area (Å²) >= 11 is 5.87. The van der Waals surface area contributed by atoms with E-state index in [1.165, 1.54) is 17.1 Å². The molecule has 6 nitrogen and oxygen atoms in total. The van der Waals surface area contributed by atoms with E-state index < -0.39 is 5.91 Å². The summed E-state index contributed by atoms with van der Waals surface area (Å²) in [5, 5.41) is 8.06. The lowest BCUT2D eigenvalue weighted by Gasteiger charge is -2.02. The van der Waals surface area contributed by atoms with Gasteiger partial charge in [-0.05, 0) is 36.8 Å². The average Bonchev–Trinajstić information content (AvgIpc) is 2.80. The van der Waals surface area contributed by atoms with Crippen LogP contribution in [0.4, 0.5) is 0 Å². The van der Waals surface area contributed by atoms with E-state index in [0.717, 1.165) is 11.3 Å². The molecule has 0 aliphatic rings. The minimum atomic E-state index is -0.415. The van der Waals surface area contributed by atoms with Crippen molar-refractivity contribution in [2.24, 2.45) is 12.1 Å². The van der Waals surface area contributed by atoms with E-state index >= 15 is 0 Å². The number of hydrazone groups is 1. The number of ether oxygens (including phenoxy) is 1. The molecule has 1 amide bonds. The number of nitrogens with zero attached hydrogens (tertiary/aromatic N) is 3. The van der Waals surface area contributed by atoms with Gasteiger partial charge >= 0.3 is 0 Å². The second-order valence-corrected chi connectivity index (χ2v) is 4.57. The van der Waals surface area contributed by atoms with Crippen molar-refractivity contribution in [3.8, 4) is 5.75 Å². The zero-order valence-corrected chi connectivity index (χ0v) is 12.5. The van der Waals surface area contributed by atoms with Gasteiger partial charge in [0.2, 0.25) is 0 Å². The minimum absolute atomic E-state index is 0.264. The van der Waals surface area contributed by atoms with Gasteiger partial charge in [-0.15, -0.1) is 0 Å². The first-order valence-corrected chi connectivity index (χ1v) is 6.73. The predicted molar refractivity (Wildman–Crippen MR) is 80.9 cm³/mol. The lowest BCUT2D eigenvalue weighted by molar-refractivity contribution is 0.0946. The largest absolute Gasteiger partial charge is 0.494 e. The number of halogens is 1. The summed E-state index contributed by atoms with van der Waals surface area (Å²) in [5.74, 6) is 0.377. The second-order valence-electron chi connectivity index (χ2n) is 4.17. The van der Waals surface area contributed by atoms with Crippen molar-refractivity contribution in [2.45, 2.75) is 6.92 Å². The Hall–Kier alpha value is -2.34. The van der Waals surface area contributed by atoms with E-state index in [0.29, 0.717) is 6.61 Å². The van der Waals surface area contributed by atoms with Gasteiger partial charge in [-0.25, -0.2) is 5.43 Å². The molecule has 0 unspecified atom stereocenters. The summed E-state index contributed by atoms with van der Waals surface area (Å²) in [5.41, 5.74) is 3.52. The van der Waals surface area contributed by atoms with Crippen LogP contribution in [0.2, 0.25) is 5.02 Å². The van der Waals surface area contributed by atoms with Crippen LogP contribution in [0.15, 0.2) is 35.6 Å². The highest BCUT2D eigenvalue weighted by Gasteiger charge is 2.14. The zero-order chi connectivity index (χ0) is 15.2. The van der Waals surface area contributed by atoms with E-state index in [1.807, 2.05) is 31.2 Å². The molecule has 110 valence electrons. The Morgan fingerprint density at radius 1 is 1.48 bits per heavy atom. The molecule has 0 saturated carbocycles. The summed E-state index contributed by atoms with van der Waals surface area (Å²) < 4.78 is 6.73. The SMILES string of the molecule is CCOc1ccc(C=NNC(=O)c2c(Cl)cnn2C)cc1. The molecule has 2 aromatic rings. The number of hydrogen-bond donors (Lipinski definition) is 1. The molecular weight excluding hydrogens is 292 g/mol. The second kappa shape index (κ2) is 6.90. The molecule has 1 aromatic heterocycles. The number of benzene rings is 1. The number of aromatic nitrogens is 2. The highest BCUT2D eigenvalue weighted by Crippen LogP contribution is 2.13. The highest BCUT2D eigenvalue weighted by atomic mass is 35.5. The Bertz CT molecular complexity index is 630. The van der Waals surface area contributed by atoms with Crippen LogP contribution < -0.4 is 10.2 Å². The lowest BCUT2D eigenvalue weighted by Crippen LogP contribution is -2.21. The quantitative estimate of drug-likeness (QED) is 0.680. The van der Waals surface area contributed by atoms with Crippen molar-refractivity contribution in [1.82, 2.24) is 15.2 Å². The van der Waals surface area contributed by atoms with Crippen LogP contribution in [0.1, 0.15) is 23.0 Å². The molecule has 0 aliphatic carbocycles. The fourth-order valence-corrected chi connectivity index (χ4v) is 1.95. The topological polar surface area (TPSA) is 68.5 Å². The number of nitrogens with one attached hydrogen (secondary N) is 1. The monoisotopic (exact) mass is 306 g/mol. The molecule has 1 heterocycles. The smallest absolute Gasteiger partial charge is 0.291 e. The van der Waals surface area contributed by atoms with Crippen LogP contribution in [-0.2, 0) is 7.05 Å². The van der Waals surface area contributed by atoms with Crippen molar-refractivity contribution in [1.29, 1.82) is 0 Å². The molecule has 1 aromatic carbocycles. The number of aryl methyl sites for hydroxylation is 1. The summed E-state index contributed by atoms with van der Waals surface area (Å²) in [7, 11) is 1.64. The van der Waals surface area contributed by atoms with E-state index in [2.05, 4.69) is 15.6 Å².